The van der Waals surface area contributed by atoms with Crippen molar-refractivity contribution in [3.8, 4) is 17.2 Å². The molecule has 2 unspecified atom stereocenters. The fourth-order valence-electron chi connectivity index (χ4n) is 4.26. The van der Waals surface area contributed by atoms with E-state index >= 15 is 0 Å². The van der Waals surface area contributed by atoms with Gasteiger partial charge in [-0.3, -0.25) is 0 Å². The number of alkyl halides is 1. The summed E-state index contributed by atoms with van der Waals surface area (Å²) in [5.41, 5.74) is 4.04. The second kappa shape index (κ2) is 7.12. The van der Waals surface area contributed by atoms with Crippen molar-refractivity contribution in [2.45, 2.75) is 38.8 Å². The number of fused-ring (bicyclic) bond motifs is 3. The third-order valence-corrected chi connectivity index (χ3v) is 5.70. The fraction of sp³-hybridized carbons (Fsp3) is 0.292. The van der Waals surface area contributed by atoms with E-state index in [0.717, 1.165) is 46.7 Å². The summed E-state index contributed by atoms with van der Waals surface area (Å²) in [5, 5.41) is 11.0. The molecule has 0 aromatic heterocycles. The molecule has 0 aliphatic heterocycles. The Morgan fingerprint density at radius 1 is 1.04 bits per heavy atom. The molecule has 3 heteroatoms. The van der Waals surface area contributed by atoms with Gasteiger partial charge in [-0.1, -0.05) is 43.7 Å². The van der Waals surface area contributed by atoms with Gasteiger partial charge in [-0.05, 0) is 70.0 Å². The van der Waals surface area contributed by atoms with E-state index in [1.54, 1.807) is 6.07 Å². The number of nitriles is 1. The van der Waals surface area contributed by atoms with Crippen molar-refractivity contribution in [3.63, 3.8) is 0 Å². The normalized spacial score (nSPS) is 18.9. The Labute approximate surface area is 158 Å². The Balaban J connectivity index is 1.74. The number of benzene rings is 3. The van der Waals surface area contributed by atoms with E-state index in [2.05, 4.69) is 19.1 Å². The zero-order chi connectivity index (χ0) is 19.0. The third-order valence-electron chi connectivity index (χ3n) is 5.70. The second-order valence-electron chi connectivity index (χ2n) is 7.42. The van der Waals surface area contributed by atoms with Gasteiger partial charge in [0.1, 0.15) is 18.1 Å². The van der Waals surface area contributed by atoms with Crippen LogP contribution < -0.4 is 0 Å². The van der Waals surface area contributed by atoms with Gasteiger partial charge < -0.3 is 0 Å². The van der Waals surface area contributed by atoms with Gasteiger partial charge in [0.2, 0.25) is 0 Å². The van der Waals surface area contributed by atoms with E-state index in [1.807, 2.05) is 24.3 Å². The van der Waals surface area contributed by atoms with E-state index in [4.69, 9.17) is 5.26 Å². The van der Waals surface area contributed by atoms with Crippen LogP contribution in [0.15, 0.2) is 48.5 Å². The first-order valence-electron chi connectivity index (χ1n) is 9.49. The lowest BCUT2D eigenvalue weighted by molar-refractivity contribution is 0.202. The van der Waals surface area contributed by atoms with Gasteiger partial charge in [0.15, 0.2) is 0 Å². The van der Waals surface area contributed by atoms with Gasteiger partial charge in [0.05, 0.1) is 5.56 Å². The minimum absolute atomic E-state index is 0.0456. The first kappa shape index (κ1) is 17.7. The average molecular weight is 361 g/mol. The largest absolute Gasteiger partial charge is 0.247 e. The van der Waals surface area contributed by atoms with E-state index in [1.165, 1.54) is 17.7 Å². The molecule has 1 aliphatic carbocycles. The molecule has 0 saturated carbocycles. The van der Waals surface area contributed by atoms with Crippen LogP contribution in [0.5, 0.6) is 0 Å². The highest BCUT2D eigenvalue weighted by Crippen LogP contribution is 2.36. The maximum absolute atomic E-state index is 14.6. The molecule has 1 aliphatic rings. The highest BCUT2D eigenvalue weighted by molar-refractivity contribution is 5.91. The summed E-state index contributed by atoms with van der Waals surface area (Å²) in [7, 11) is 0. The van der Waals surface area contributed by atoms with Crippen LogP contribution in [-0.4, -0.2) is 6.17 Å². The first-order valence-corrected chi connectivity index (χ1v) is 9.49. The summed E-state index contributed by atoms with van der Waals surface area (Å²) in [6.07, 6.45) is 2.45. The number of hydrogen-bond donors (Lipinski definition) is 0. The maximum Gasteiger partial charge on any atom is 0.141 e. The number of hydrogen-bond acceptors (Lipinski definition) is 1. The number of nitrogens with zero attached hydrogens (tertiary/aromatic N) is 1. The van der Waals surface area contributed by atoms with E-state index in [0.29, 0.717) is 6.42 Å². The van der Waals surface area contributed by atoms with E-state index < -0.39 is 12.0 Å². The van der Waals surface area contributed by atoms with Crippen LogP contribution in [-0.2, 0) is 12.8 Å². The molecule has 0 fully saturated rings. The fourth-order valence-corrected chi connectivity index (χ4v) is 4.26. The van der Waals surface area contributed by atoms with E-state index in [9.17, 15) is 8.78 Å². The molecule has 0 amide bonds. The molecule has 0 radical (unpaired) electrons. The SMILES string of the molecule is CCCC1Cc2ccc3cc(-c4ccc(C#N)c(F)c4)ccc3c2CC1F. The van der Waals surface area contributed by atoms with Crippen molar-refractivity contribution < 1.29 is 8.78 Å². The lowest BCUT2D eigenvalue weighted by Crippen LogP contribution is -2.26. The molecule has 136 valence electrons. The highest BCUT2D eigenvalue weighted by atomic mass is 19.1. The van der Waals surface area contributed by atoms with Crippen LogP contribution in [0.2, 0.25) is 0 Å². The van der Waals surface area contributed by atoms with Gasteiger partial charge in [-0.25, -0.2) is 8.78 Å². The van der Waals surface area contributed by atoms with Crippen molar-refractivity contribution in [2.75, 3.05) is 0 Å². The monoisotopic (exact) mass is 361 g/mol. The molecule has 2 atom stereocenters. The summed E-state index contributed by atoms with van der Waals surface area (Å²) in [6, 6.07) is 16.7. The quantitative estimate of drug-likeness (QED) is 0.532. The zero-order valence-corrected chi connectivity index (χ0v) is 15.3. The zero-order valence-electron chi connectivity index (χ0n) is 15.3. The van der Waals surface area contributed by atoms with Crippen molar-refractivity contribution in [2.24, 2.45) is 5.92 Å². The molecule has 0 heterocycles. The molecule has 3 aromatic rings. The summed E-state index contributed by atoms with van der Waals surface area (Å²) >= 11 is 0. The van der Waals surface area contributed by atoms with Gasteiger partial charge in [0, 0.05) is 6.42 Å². The van der Waals surface area contributed by atoms with Crippen molar-refractivity contribution >= 4 is 10.8 Å². The summed E-state index contributed by atoms with van der Waals surface area (Å²) in [6.45, 7) is 2.11. The smallest absolute Gasteiger partial charge is 0.141 e. The number of rotatable bonds is 3. The Morgan fingerprint density at radius 2 is 1.81 bits per heavy atom. The van der Waals surface area contributed by atoms with Gasteiger partial charge in [-0.15, -0.1) is 0 Å². The molecule has 0 N–H and O–H groups in total. The average Bonchev–Trinajstić information content (AvgIpc) is 2.68. The van der Waals surface area contributed by atoms with Crippen LogP contribution >= 0.6 is 0 Å². The molecule has 0 saturated heterocycles. The lowest BCUT2D eigenvalue weighted by Gasteiger charge is -2.29. The lowest BCUT2D eigenvalue weighted by atomic mass is 9.78. The van der Waals surface area contributed by atoms with E-state index in [-0.39, 0.29) is 11.5 Å². The Morgan fingerprint density at radius 3 is 2.56 bits per heavy atom. The predicted octanol–water partition coefficient (Wildman–Crippen LogP) is 6.37. The second-order valence-corrected chi connectivity index (χ2v) is 7.42. The van der Waals surface area contributed by atoms with Gasteiger partial charge in [0.25, 0.3) is 0 Å². The Kier molecular flexibility index (Phi) is 4.66. The minimum atomic E-state index is -0.782. The van der Waals surface area contributed by atoms with Crippen LogP contribution in [0.4, 0.5) is 8.78 Å². The molecule has 0 spiro atoms. The predicted molar refractivity (Wildman–Crippen MR) is 105 cm³/mol. The van der Waals surface area contributed by atoms with Crippen molar-refractivity contribution in [1.29, 1.82) is 5.26 Å². The molecular formula is C24H21F2N. The maximum atomic E-state index is 14.6. The first-order chi connectivity index (χ1) is 13.1. The highest BCUT2D eigenvalue weighted by Gasteiger charge is 2.28. The minimum Gasteiger partial charge on any atom is -0.247 e. The summed E-state index contributed by atoms with van der Waals surface area (Å²) in [5.74, 6) is -0.386. The van der Waals surface area contributed by atoms with Crippen LogP contribution in [0.25, 0.3) is 21.9 Å². The molecule has 3 aromatic carbocycles. The summed E-state index contributed by atoms with van der Waals surface area (Å²) in [4.78, 5) is 0. The third kappa shape index (κ3) is 3.21. The standard InChI is InChI=1S/C24H21F2N/c1-2-3-19-11-18-6-5-17-10-15(8-9-21(17)22(18)13-24(19)26)16-4-7-20(14-27)23(25)12-16/h4-10,12,19,24H,2-3,11,13H2,1H3. The molecule has 1 nitrogen and oxygen atoms in total. The topological polar surface area (TPSA) is 23.8 Å². The molecule has 4 rings (SSSR count). The van der Waals surface area contributed by atoms with Crippen LogP contribution in [0.3, 0.4) is 0 Å². The number of halogens is 2. The molecule has 0 bridgehead atoms. The van der Waals surface area contributed by atoms with Gasteiger partial charge >= 0.3 is 0 Å². The van der Waals surface area contributed by atoms with Crippen molar-refractivity contribution in [3.05, 3.63) is 71.0 Å². The molecular weight excluding hydrogens is 340 g/mol. The Hall–Kier alpha value is -2.73. The van der Waals surface area contributed by atoms with Gasteiger partial charge in [-0.2, -0.15) is 5.26 Å². The summed E-state index contributed by atoms with van der Waals surface area (Å²) < 4.78 is 28.6. The van der Waals surface area contributed by atoms with Crippen LogP contribution in [0, 0.1) is 23.1 Å². The van der Waals surface area contributed by atoms with Crippen LogP contribution in [0.1, 0.15) is 36.5 Å². The Bertz CT molecular complexity index is 1050. The molecule has 27 heavy (non-hydrogen) atoms. The van der Waals surface area contributed by atoms with Crippen molar-refractivity contribution in [1.82, 2.24) is 0 Å².